The quantitative estimate of drug-likeness (QED) is 0.780. The summed E-state index contributed by atoms with van der Waals surface area (Å²) in [6.45, 7) is 7.69. The van der Waals surface area contributed by atoms with Crippen LogP contribution in [0.15, 0.2) is 12.4 Å². The largest absolute Gasteiger partial charge is 0.313 e. The summed E-state index contributed by atoms with van der Waals surface area (Å²) in [5, 5.41) is 7.62. The number of nitrogens with one attached hydrogen (secondary N) is 1. The predicted octanol–water partition coefficient (Wildman–Crippen LogP) is 2.60. The van der Waals surface area contributed by atoms with E-state index in [4.69, 9.17) is 0 Å². The van der Waals surface area contributed by atoms with Crippen molar-refractivity contribution in [1.82, 2.24) is 15.1 Å². The molecule has 0 saturated heterocycles. The Bertz CT molecular complexity index is 276. The lowest BCUT2D eigenvalue weighted by atomic mass is 10.0. The van der Waals surface area contributed by atoms with Crippen molar-refractivity contribution in [2.75, 3.05) is 7.05 Å². The van der Waals surface area contributed by atoms with Crippen LogP contribution in [0.2, 0.25) is 0 Å². The molecule has 86 valence electrons. The second-order valence-corrected chi connectivity index (χ2v) is 4.19. The maximum absolute atomic E-state index is 4.40. The molecule has 1 atom stereocenters. The lowest BCUT2D eigenvalue weighted by Gasteiger charge is -2.12. The monoisotopic (exact) mass is 209 g/mol. The van der Waals surface area contributed by atoms with E-state index in [1.165, 1.54) is 18.4 Å². The Hall–Kier alpha value is -0.830. The van der Waals surface area contributed by atoms with Crippen LogP contribution in [-0.4, -0.2) is 16.8 Å². The maximum Gasteiger partial charge on any atom is 0.0537 e. The lowest BCUT2D eigenvalue weighted by Crippen LogP contribution is -2.12. The average molecular weight is 209 g/mol. The van der Waals surface area contributed by atoms with Gasteiger partial charge in [-0.3, -0.25) is 4.68 Å². The molecule has 0 aliphatic heterocycles. The first-order chi connectivity index (χ1) is 7.21. The van der Waals surface area contributed by atoms with Gasteiger partial charge in [0.1, 0.15) is 0 Å². The molecular formula is C12H23N3. The molecule has 0 aliphatic carbocycles. The molecule has 1 N–H and O–H groups in total. The first-order valence-corrected chi connectivity index (χ1v) is 5.90. The topological polar surface area (TPSA) is 29.9 Å². The van der Waals surface area contributed by atoms with Crippen LogP contribution in [0.1, 0.15) is 45.2 Å². The van der Waals surface area contributed by atoms with E-state index in [1.807, 2.05) is 13.2 Å². The maximum atomic E-state index is 4.40. The molecule has 0 fully saturated rings. The molecule has 0 bridgehead atoms. The number of aromatic nitrogens is 2. The fourth-order valence-corrected chi connectivity index (χ4v) is 1.68. The van der Waals surface area contributed by atoms with E-state index < -0.39 is 0 Å². The molecule has 0 amide bonds. The number of hydrogen-bond donors (Lipinski definition) is 1. The first kappa shape index (κ1) is 12.2. The van der Waals surface area contributed by atoms with Gasteiger partial charge in [0, 0.05) is 24.3 Å². The molecule has 1 aromatic heterocycles. The van der Waals surface area contributed by atoms with Crippen LogP contribution in [0.5, 0.6) is 0 Å². The van der Waals surface area contributed by atoms with E-state index in [0.717, 1.165) is 12.5 Å². The Morgan fingerprint density at radius 3 is 2.60 bits per heavy atom. The van der Waals surface area contributed by atoms with Gasteiger partial charge < -0.3 is 5.32 Å². The van der Waals surface area contributed by atoms with Crippen LogP contribution in [0.25, 0.3) is 0 Å². The third kappa shape index (κ3) is 3.34. The minimum atomic E-state index is 0.389. The van der Waals surface area contributed by atoms with Crippen LogP contribution in [0.4, 0.5) is 0 Å². The lowest BCUT2D eigenvalue weighted by molar-refractivity contribution is 0.395. The van der Waals surface area contributed by atoms with Gasteiger partial charge in [-0.2, -0.15) is 5.10 Å². The van der Waals surface area contributed by atoms with Gasteiger partial charge in [0.2, 0.25) is 0 Å². The normalized spacial score (nSPS) is 13.4. The van der Waals surface area contributed by atoms with Crippen molar-refractivity contribution in [2.45, 2.75) is 46.2 Å². The van der Waals surface area contributed by atoms with Crippen LogP contribution in [0.3, 0.4) is 0 Å². The summed E-state index contributed by atoms with van der Waals surface area (Å²) in [6, 6.07) is 0.389. The minimum absolute atomic E-state index is 0.389. The van der Waals surface area contributed by atoms with Crippen LogP contribution in [-0.2, 0) is 6.54 Å². The zero-order chi connectivity index (χ0) is 11.3. The van der Waals surface area contributed by atoms with Crippen molar-refractivity contribution in [2.24, 2.45) is 5.92 Å². The van der Waals surface area contributed by atoms with Gasteiger partial charge in [-0.1, -0.05) is 26.7 Å². The molecule has 1 unspecified atom stereocenters. The van der Waals surface area contributed by atoms with Crippen molar-refractivity contribution in [3.63, 3.8) is 0 Å². The third-order valence-electron chi connectivity index (χ3n) is 3.19. The Labute approximate surface area is 92.9 Å². The number of nitrogens with zero attached hydrogens (tertiary/aromatic N) is 2. The summed E-state index contributed by atoms with van der Waals surface area (Å²) in [5.41, 5.74) is 1.27. The smallest absolute Gasteiger partial charge is 0.0537 e. The van der Waals surface area contributed by atoms with E-state index in [1.54, 1.807) is 0 Å². The molecule has 15 heavy (non-hydrogen) atoms. The van der Waals surface area contributed by atoms with Gasteiger partial charge in [-0.25, -0.2) is 0 Å². The first-order valence-electron chi connectivity index (χ1n) is 5.90. The molecule has 0 aromatic carbocycles. The molecule has 1 rings (SSSR count). The third-order valence-corrected chi connectivity index (χ3v) is 3.19. The summed E-state index contributed by atoms with van der Waals surface area (Å²) in [4.78, 5) is 0. The SMILES string of the molecule is CCC(CC)Cn1cc(C(C)NC)cn1. The Morgan fingerprint density at radius 1 is 1.40 bits per heavy atom. The van der Waals surface area contributed by atoms with Crippen molar-refractivity contribution in [3.8, 4) is 0 Å². The van der Waals surface area contributed by atoms with E-state index in [0.29, 0.717) is 6.04 Å². The number of hydrogen-bond acceptors (Lipinski definition) is 2. The molecule has 3 heteroatoms. The molecule has 0 spiro atoms. The van der Waals surface area contributed by atoms with Gasteiger partial charge in [0.25, 0.3) is 0 Å². The average Bonchev–Trinajstić information content (AvgIpc) is 2.73. The van der Waals surface area contributed by atoms with Crippen molar-refractivity contribution >= 4 is 0 Å². The standard InChI is InChI=1S/C12H23N3/c1-5-11(6-2)8-15-9-12(7-14-15)10(3)13-4/h7,9-11,13H,5-6,8H2,1-4H3. The van der Waals surface area contributed by atoms with Crippen LogP contribution < -0.4 is 5.32 Å². The minimum Gasteiger partial charge on any atom is -0.313 e. The van der Waals surface area contributed by atoms with Crippen molar-refractivity contribution in [3.05, 3.63) is 18.0 Å². The highest BCUT2D eigenvalue weighted by Crippen LogP contribution is 2.14. The summed E-state index contributed by atoms with van der Waals surface area (Å²) in [5.74, 6) is 0.752. The summed E-state index contributed by atoms with van der Waals surface area (Å²) in [7, 11) is 1.98. The highest BCUT2D eigenvalue weighted by atomic mass is 15.3. The van der Waals surface area contributed by atoms with Gasteiger partial charge in [0.05, 0.1) is 6.20 Å². The van der Waals surface area contributed by atoms with Crippen molar-refractivity contribution in [1.29, 1.82) is 0 Å². The van der Waals surface area contributed by atoms with E-state index in [9.17, 15) is 0 Å². The van der Waals surface area contributed by atoms with E-state index in [-0.39, 0.29) is 0 Å². The highest BCUT2D eigenvalue weighted by Gasteiger charge is 2.08. The van der Waals surface area contributed by atoms with Crippen molar-refractivity contribution < 1.29 is 0 Å². The number of rotatable bonds is 6. The Kier molecular flexibility index (Phi) is 4.82. The Morgan fingerprint density at radius 2 is 2.07 bits per heavy atom. The zero-order valence-electron chi connectivity index (χ0n) is 10.3. The van der Waals surface area contributed by atoms with Gasteiger partial charge in [-0.15, -0.1) is 0 Å². The molecule has 0 aliphatic rings. The predicted molar refractivity (Wildman–Crippen MR) is 63.8 cm³/mol. The van der Waals surface area contributed by atoms with Gasteiger partial charge >= 0.3 is 0 Å². The second-order valence-electron chi connectivity index (χ2n) is 4.19. The molecule has 0 saturated carbocycles. The van der Waals surface area contributed by atoms with Crippen LogP contribution in [0, 0.1) is 5.92 Å². The second kappa shape index (κ2) is 5.91. The van der Waals surface area contributed by atoms with E-state index >= 15 is 0 Å². The molecule has 1 aromatic rings. The van der Waals surface area contributed by atoms with Gasteiger partial charge in [0.15, 0.2) is 0 Å². The molecule has 3 nitrogen and oxygen atoms in total. The highest BCUT2D eigenvalue weighted by molar-refractivity contribution is 5.08. The van der Waals surface area contributed by atoms with Crippen LogP contribution >= 0.6 is 0 Å². The Balaban J connectivity index is 2.59. The summed E-state index contributed by atoms with van der Waals surface area (Å²) < 4.78 is 2.07. The van der Waals surface area contributed by atoms with Gasteiger partial charge in [-0.05, 0) is 19.9 Å². The summed E-state index contributed by atoms with van der Waals surface area (Å²) in [6.07, 6.45) is 6.57. The molecule has 1 heterocycles. The fourth-order valence-electron chi connectivity index (χ4n) is 1.68. The summed E-state index contributed by atoms with van der Waals surface area (Å²) >= 11 is 0. The fraction of sp³-hybridized carbons (Fsp3) is 0.750. The van der Waals surface area contributed by atoms with E-state index in [2.05, 4.69) is 42.1 Å². The zero-order valence-corrected chi connectivity index (χ0v) is 10.3. The molecule has 0 radical (unpaired) electrons. The molecular weight excluding hydrogens is 186 g/mol.